The number of aromatic nitrogens is 4. The predicted octanol–water partition coefficient (Wildman–Crippen LogP) is 2.57. The van der Waals surface area contributed by atoms with Gasteiger partial charge in [0.2, 0.25) is 0 Å². The van der Waals surface area contributed by atoms with E-state index in [4.69, 9.17) is 23.1 Å². The van der Waals surface area contributed by atoms with E-state index in [9.17, 15) is 9.90 Å². The highest BCUT2D eigenvalue weighted by Gasteiger charge is 2.23. The molecule has 9 nitrogen and oxygen atoms in total. The van der Waals surface area contributed by atoms with Crippen molar-refractivity contribution in [3.05, 3.63) is 40.4 Å². The van der Waals surface area contributed by atoms with E-state index in [1.807, 2.05) is 64.4 Å². The molecule has 0 bridgehead atoms. The van der Waals surface area contributed by atoms with Crippen LogP contribution in [0.3, 0.4) is 0 Å². The van der Waals surface area contributed by atoms with Crippen LogP contribution in [0.2, 0.25) is 5.15 Å². The Hall–Kier alpha value is -2.91. The van der Waals surface area contributed by atoms with Gasteiger partial charge in [0.1, 0.15) is 6.54 Å². The number of aryl methyl sites for hydroxylation is 2. The maximum absolute atomic E-state index is 12.5. The van der Waals surface area contributed by atoms with Gasteiger partial charge in [0.05, 0.1) is 20.2 Å². The molecule has 10 heteroatoms. The van der Waals surface area contributed by atoms with Crippen LogP contribution in [0.4, 0.5) is 11.6 Å². The number of fused-ring (bicyclic) bond motifs is 1. The maximum atomic E-state index is 12.5. The number of nitrogens with zero attached hydrogens (tertiary/aromatic N) is 4. The second kappa shape index (κ2) is 12.1. The molecule has 0 aliphatic rings. The van der Waals surface area contributed by atoms with Gasteiger partial charge in [-0.25, -0.2) is 19.1 Å². The number of rotatable bonds is 5. The molecule has 0 atom stereocenters. The Labute approximate surface area is 188 Å². The third-order valence-corrected chi connectivity index (χ3v) is 4.69. The number of carbonyl (C=O) groups excluding carboxylic acids is 1. The molecule has 0 aliphatic heterocycles. The van der Waals surface area contributed by atoms with E-state index in [1.54, 1.807) is 0 Å². The molecule has 170 valence electrons. The average Bonchev–Trinajstić information content (AvgIpc) is 3.07. The first kappa shape index (κ1) is 26.1. The number of hydrogen-bond acceptors (Lipinski definition) is 6. The first-order valence-electron chi connectivity index (χ1n) is 10.3. The van der Waals surface area contributed by atoms with Crippen LogP contribution in [0, 0.1) is 0 Å². The third kappa shape index (κ3) is 5.62. The molecule has 0 saturated heterocycles. The lowest BCUT2D eigenvalue weighted by Crippen LogP contribution is -2.38. The van der Waals surface area contributed by atoms with Crippen molar-refractivity contribution in [1.29, 1.82) is 0 Å². The van der Waals surface area contributed by atoms with Gasteiger partial charge in [0, 0.05) is 0 Å². The van der Waals surface area contributed by atoms with E-state index in [-0.39, 0.29) is 35.6 Å². The predicted molar refractivity (Wildman–Crippen MR) is 124 cm³/mol. The summed E-state index contributed by atoms with van der Waals surface area (Å²) in [6.45, 7) is 10.9. The smallest absolute Gasteiger partial charge is 0.276 e. The molecule has 0 spiro atoms. The topological polar surface area (TPSA) is 136 Å². The van der Waals surface area contributed by atoms with Crippen molar-refractivity contribution < 1.29 is 14.5 Å². The van der Waals surface area contributed by atoms with Gasteiger partial charge in [-0.2, -0.15) is 0 Å². The Kier molecular flexibility index (Phi) is 10.2. The van der Waals surface area contributed by atoms with E-state index in [0.29, 0.717) is 6.54 Å². The summed E-state index contributed by atoms with van der Waals surface area (Å²) in [5.74, 6) is 0.278. The van der Waals surface area contributed by atoms with Crippen LogP contribution in [-0.4, -0.2) is 25.5 Å². The number of nitrogens with one attached hydrogen (secondary N) is 1. The molecule has 0 saturated carbocycles. The summed E-state index contributed by atoms with van der Waals surface area (Å²) in [6.07, 6.45) is 0. The Morgan fingerprint density at radius 2 is 1.84 bits per heavy atom. The molecule has 6 N–H and O–H groups in total. The highest BCUT2D eigenvalue weighted by atomic mass is 35.5. The number of nitrogen functional groups attached to an aromatic ring is 2. The Balaban J connectivity index is 0.00000113. The summed E-state index contributed by atoms with van der Waals surface area (Å²) >= 11 is 5.84. The van der Waals surface area contributed by atoms with Gasteiger partial charge in [-0.1, -0.05) is 45.4 Å². The van der Waals surface area contributed by atoms with Crippen molar-refractivity contribution in [2.45, 2.75) is 54.3 Å². The van der Waals surface area contributed by atoms with Crippen molar-refractivity contribution >= 4 is 40.2 Å². The largest absolute Gasteiger partial charge is 0.392 e. The Morgan fingerprint density at radius 1 is 1.19 bits per heavy atom. The number of anilines is 2. The van der Waals surface area contributed by atoms with Gasteiger partial charge in [0.15, 0.2) is 33.5 Å². The van der Waals surface area contributed by atoms with E-state index in [0.717, 1.165) is 22.4 Å². The first-order chi connectivity index (χ1) is 14.9. The second-order valence-corrected chi connectivity index (χ2v) is 6.37. The van der Waals surface area contributed by atoms with Crippen molar-refractivity contribution in [3.63, 3.8) is 0 Å². The van der Waals surface area contributed by atoms with Crippen LogP contribution >= 0.6 is 11.6 Å². The van der Waals surface area contributed by atoms with Crippen LogP contribution in [0.1, 0.15) is 56.5 Å². The van der Waals surface area contributed by atoms with Gasteiger partial charge >= 0.3 is 0 Å². The number of carbonyl (C=O) groups is 1. The molecule has 0 unspecified atom stereocenters. The number of benzene rings is 1. The molecular weight excluding hydrogens is 418 g/mol. The van der Waals surface area contributed by atoms with Crippen molar-refractivity contribution in [3.8, 4) is 0 Å². The molecule has 1 amide bonds. The number of imidazole rings is 1. The highest BCUT2D eigenvalue weighted by molar-refractivity contribution is 6.31. The fourth-order valence-electron chi connectivity index (χ4n) is 3.04. The lowest BCUT2D eigenvalue weighted by molar-refractivity contribution is -0.654. The zero-order valence-electron chi connectivity index (χ0n) is 19.0. The summed E-state index contributed by atoms with van der Waals surface area (Å²) in [4.78, 5) is 20.2. The monoisotopic (exact) mass is 450 g/mol. The van der Waals surface area contributed by atoms with E-state index >= 15 is 0 Å². The van der Waals surface area contributed by atoms with Gasteiger partial charge in [0.25, 0.3) is 11.7 Å². The molecule has 1 aromatic carbocycles. The first-order valence-corrected chi connectivity index (χ1v) is 10.7. The summed E-state index contributed by atoms with van der Waals surface area (Å²) in [5, 5.41) is 12.1. The highest BCUT2D eigenvalue weighted by Crippen LogP contribution is 2.19. The fraction of sp³-hybridized carbons (Fsp3) is 0.429. The number of hydrogen-bond donors (Lipinski definition) is 4. The van der Waals surface area contributed by atoms with Crippen LogP contribution in [0.5, 0.6) is 0 Å². The SMILES string of the molecule is CC.CC.CCn1c(CNC(=O)c2nc(Cl)c(N)nc2N)[n+](C)c2ccc(CO)cc21. The number of aliphatic hydroxyl groups is 1. The number of aliphatic hydroxyl groups excluding tert-OH is 1. The minimum atomic E-state index is -0.495. The lowest BCUT2D eigenvalue weighted by Gasteiger charge is -2.07. The second-order valence-electron chi connectivity index (χ2n) is 6.02. The normalized spacial score (nSPS) is 10.1. The van der Waals surface area contributed by atoms with E-state index < -0.39 is 5.91 Å². The van der Waals surface area contributed by atoms with Crippen molar-refractivity contribution in [1.82, 2.24) is 19.9 Å². The minimum absolute atomic E-state index is 0.0251. The zero-order chi connectivity index (χ0) is 23.7. The minimum Gasteiger partial charge on any atom is -0.392 e. The quantitative estimate of drug-likeness (QED) is 0.441. The molecule has 2 aromatic heterocycles. The van der Waals surface area contributed by atoms with Crippen molar-refractivity contribution in [2.24, 2.45) is 7.05 Å². The average molecular weight is 451 g/mol. The third-order valence-electron chi connectivity index (χ3n) is 4.42. The molecule has 0 fully saturated rings. The molecule has 3 rings (SSSR count). The molecular formula is C21H33ClN7O2+. The molecule has 2 heterocycles. The van der Waals surface area contributed by atoms with Crippen LogP contribution in [0.15, 0.2) is 18.2 Å². The van der Waals surface area contributed by atoms with Gasteiger partial charge < -0.3 is 21.9 Å². The number of nitrogens with two attached hydrogens (primary N) is 2. The van der Waals surface area contributed by atoms with Crippen LogP contribution in [0.25, 0.3) is 11.0 Å². The summed E-state index contributed by atoms with van der Waals surface area (Å²) < 4.78 is 4.06. The van der Waals surface area contributed by atoms with Crippen LogP contribution < -0.4 is 21.4 Å². The van der Waals surface area contributed by atoms with Gasteiger partial charge in [-0.05, 0) is 24.6 Å². The summed E-state index contributed by atoms with van der Waals surface area (Å²) in [5.41, 5.74) is 14.0. The number of halogens is 1. The molecule has 0 radical (unpaired) electrons. The molecule has 3 aromatic rings. The lowest BCUT2D eigenvalue weighted by atomic mass is 10.2. The summed E-state index contributed by atoms with van der Waals surface area (Å²) in [7, 11) is 1.92. The Morgan fingerprint density at radius 3 is 2.42 bits per heavy atom. The van der Waals surface area contributed by atoms with E-state index in [2.05, 4.69) is 19.9 Å². The summed E-state index contributed by atoms with van der Waals surface area (Å²) in [6, 6.07) is 5.76. The van der Waals surface area contributed by atoms with Crippen LogP contribution in [-0.2, 0) is 26.7 Å². The fourth-order valence-corrected chi connectivity index (χ4v) is 3.17. The van der Waals surface area contributed by atoms with Crippen molar-refractivity contribution in [2.75, 3.05) is 11.5 Å². The Bertz CT molecular complexity index is 1030. The maximum Gasteiger partial charge on any atom is 0.276 e. The molecule has 31 heavy (non-hydrogen) atoms. The van der Waals surface area contributed by atoms with Gasteiger partial charge in [-0.15, -0.1) is 0 Å². The van der Waals surface area contributed by atoms with Gasteiger partial charge in [-0.3, -0.25) is 4.79 Å². The number of amides is 1. The van der Waals surface area contributed by atoms with E-state index in [1.165, 1.54) is 0 Å². The zero-order valence-corrected chi connectivity index (χ0v) is 19.8. The standard InChI is InChI=1S/C17H20ClN7O2.2C2H6/c1-3-25-11-6-9(8-26)4-5-10(11)24(2)12(25)7-21-17(27)13-15(19)23-16(20)14(18)22-13;2*1-2/h4-6,26H,3,7-8H2,1-2H3,(H4-,19,20,21,23,27);2*1-2H3/p+1. The molecule has 0 aliphatic carbocycles.